The summed E-state index contributed by atoms with van der Waals surface area (Å²) < 4.78 is 15.1. The van der Waals surface area contributed by atoms with E-state index in [1.54, 1.807) is 16.8 Å². The summed E-state index contributed by atoms with van der Waals surface area (Å²) in [7, 11) is 0. The Labute approximate surface area is 124 Å². The Bertz CT molecular complexity index is 598. The minimum atomic E-state index is -0.431. The van der Waals surface area contributed by atoms with Crippen molar-refractivity contribution in [2.24, 2.45) is 17.8 Å². The molecule has 0 saturated heterocycles. The van der Waals surface area contributed by atoms with E-state index in [1.165, 1.54) is 6.07 Å². The highest BCUT2D eigenvalue weighted by Gasteiger charge is 2.21. The Morgan fingerprint density at radius 2 is 1.86 bits per heavy atom. The molecule has 2 aromatic rings. The summed E-state index contributed by atoms with van der Waals surface area (Å²) in [6.45, 7) is 9.53. The van der Waals surface area contributed by atoms with Gasteiger partial charge in [-0.2, -0.15) is 0 Å². The van der Waals surface area contributed by atoms with Crippen LogP contribution in [0.3, 0.4) is 0 Å². The molecule has 0 radical (unpaired) electrons. The molecule has 0 unspecified atom stereocenters. The van der Waals surface area contributed by atoms with Gasteiger partial charge in [-0.3, -0.25) is 0 Å². The lowest BCUT2D eigenvalue weighted by atomic mass is 9.85. The number of hydrogen-bond donors (Lipinski definition) is 1. The average Bonchev–Trinajstić information content (AvgIpc) is 2.86. The zero-order valence-electron chi connectivity index (χ0n) is 12.9. The lowest BCUT2D eigenvalue weighted by molar-refractivity contribution is 0.242. The summed E-state index contributed by atoms with van der Waals surface area (Å²) in [5.41, 5.74) is 6.45. The summed E-state index contributed by atoms with van der Waals surface area (Å²) >= 11 is 0. The molecule has 2 rings (SSSR count). The maximum absolute atomic E-state index is 13.3. The molecule has 0 aliphatic rings. The maximum atomic E-state index is 13.3. The van der Waals surface area contributed by atoms with Crippen molar-refractivity contribution < 1.29 is 4.39 Å². The van der Waals surface area contributed by atoms with Crippen molar-refractivity contribution in [1.29, 1.82) is 0 Å². The molecule has 0 amide bonds. The highest BCUT2D eigenvalue weighted by atomic mass is 19.1. The maximum Gasteiger partial charge on any atom is 0.182 e. The third-order valence-corrected chi connectivity index (χ3v) is 3.88. The first-order chi connectivity index (χ1) is 9.90. The van der Waals surface area contributed by atoms with Crippen LogP contribution in [-0.4, -0.2) is 20.2 Å². The van der Waals surface area contributed by atoms with E-state index in [0.29, 0.717) is 23.6 Å². The predicted molar refractivity (Wildman–Crippen MR) is 80.8 cm³/mol. The zero-order valence-corrected chi connectivity index (χ0v) is 12.9. The van der Waals surface area contributed by atoms with Gasteiger partial charge in [0, 0.05) is 12.1 Å². The second-order valence-corrected chi connectivity index (χ2v) is 6.07. The smallest absolute Gasteiger partial charge is 0.182 e. The third-order valence-electron chi connectivity index (χ3n) is 3.88. The Balaban J connectivity index is 2.31. The molecular weight excluding hydrogens is 269 g/mol. The van der Waals surface area contributed by atoms with Gasteiger partial charge in [0.25, 0.3) is 0 Å². The van der Waals surface area contributed by atoms with E-state index in [-0.39, 0.29) is 5.69 Å². The molecule has 0 spiro atoms. The SMILES string of the molecule is CC(C)C(Cn1nnnc1-c1ccc(F)c(N)c1)C(C)C. The van der Waals surface area contributed by atoms with Crippen LogP contribution >= 0.6 is 0 Å². The number of rotatable bonds is 5. The quantitative estimate of drug-likeness (QED) is 0.860. The first-order valence-corrected chi connectivity index (χ1v) is 7.21. The monoisotopic (exact) mass is 291 g/mol. The standard InChI is InChI=1S/C15H22FN5/c1-9(2)12(10(3)4)8-21-15(18-19-20-21)11-5-6-13(16)14(17)7-11/h5-7,9-10,12H,8,17H2,1-4H3. The van der Waals surface area contributed by atoms with Crippen LogP contribution in [0.1, 0.15) is 27.7 Å². The highest BCUT2D eigenvalue weighted by Crippen LogP contribution is 2.25. The van der Waals surface area contributed by atoms with Gasteiger partial charge >= 0.3 is 0 Å². The molecule has 5 nitrogen and oxygen atoms in total. The Morgan fingerprint density at radius 3 is 2.43 bits per heavy atom. The molecule has 2 N–H and O–H groups in total. The van der Waals surface area contributed by atoms with Crippen LogP contribution in [-0.2, 0) is 6.54 Å². The molecular formula is C15H22FN5. The molecule has 1 heterocycles. The topological polar surface area (TPSA) is 69.6 Å². The van der Waals surface area contributed by atoms with E-state index in [4.69, 9.17) is 5.73 Å². The fourth-order valence-corrected chi connectivity index (χ4v) is 2.61. The van der Waals surface area contributed by atoms with Gasteiger partial charge in [-0.15, -0.1) is 5.10 Å². The first kappa shape index (κ1) is 15.4. The van der Waals surface area contributed by atoms with Crippen molar-refractivity contribution in [1.82, 2.24) is 20.2 Å². The van der Waals surface area contributed by atoms with Crippen LogP contribution in [0.4, 0.5) is 10.1 Å². The van der Waals surface area contributed by atoms with Gasteiger partial charge in [-0.05, 0) is 46.4 Å². The largest absolute Gasteiger partial charge is 0.396 e. The second-order valence-electron chi connectivity index (χ2n) is 6.07. The van der Waals surface area contributed by atoms with E-state index < -0.39 is 5.82 Å². The Morgan fingerprint density at radius 1 is 1.19 bits per heavy atom. The molecule has 1 aromatic carbocycles. The fraction of sp³-hybridized carbons (Fsp3) is 0.533. The lowest BCUT2D eigenvalue weighted by Crippen LogP contribution is -2.23. The number of nitrogens with zero attached hydrogens (tertiary/aromatic N) is 4. The molecule has 6 heteroatoms. The van der Waals surface area contributed by atoms with Crippen molar-refractivity contribution >= 4 is 5.69 Å². The van der Waals surface area contributed by atoms with Gasteiger partial charge in [0.1, 0.15) is 5.82 Å². The average molecular weight is 291 g/mol. The molecule has 1 aromatic heterocycles. The summed E-state index contributed by atoms with van der Waals surface area (Å²) in [6.07, 6.45) is 0. The van der Waals surface area contributed by atoms with Crippen molar-refractivity contribution in [3.05, 3.63) is 24.0 Å². The predicted octanol–water partition coefficient (Wildman–Crippen LogP) is 2.99. The van der Waals surface area contributed by atoms with Crippen LogP contribution in [0.5, 0.6) is 0 Å². The summed E-state index contributed by atoms with van der Waals surface area (Å²) in [4.78, 5) is 0. The number of hydrogen-bond acceptors (Lipinski definition) is 4. The first-order valence-electron chi connectivity index (χ1n) is 7.21. The van der Waals surface area contributed by atoms with Crippen molar-refractivity contribution in [3.63, 3.8) is 0 Å². The molecule has 0 atom stereocenters. The van der Waals surface area contributed by atoms with Gasteiger partial charge in [0.15, 0.2) is 5.82 Å². The third kappa shape index (κ3) is 3.37. The lowest BCUT2D eigenvalue weighted by Gasteiger charge is -2.24. The minimum absolute atomic E-state index is 0.103. The molecule has 0 bridgehead atoms. The number of anilines is 1. The van der Waals surface area contributed by atoms with E-state index in [9.17, 15) is 4.39 Å². The van der Waals surface area contributed by atoms with Crippen LogP contribution < -0.4 is 5.73 Å². The highest BCUT2D eigenvalue weighted by molar-refractivity contribution is 5.61. The molecule has 114 valence electrons. The minimum Gasteiger partial charge on any atom is -0.396 e. The number of halogens is 1. The van der Waals surface area contributed by atoms with Crippen molar-refractivity contribution in [2.75, 3.05) is 5.73 Å². The number of nitrogens with two attached hydrogens (primary N) is 1. The number of nitrogen functional groups attached to an aromatic ring is 1. The normalized spacial score (nSPS) is 11.8. The van der Waals surface area contributed by atoms with Crippen LogP contribution in [0.25, 0.3) is 11.4 Å². The van der Waals surface area contributed by atoms with E-state index in [0.717, 1.165) is 12.1 Å². The Kier molecular flexibility index (Phi) is 4.55. The zero-order chi connectivity index (χ0) is 15.6. The van der Waals surface area contributed by atoms with E-state index in [1.807, 2.05) is 0 Å². The van der Waals surface area contributed by atoms with Crippen molar-refractivity contribution in [3.8, 4) is 11.4 Å². The van der Waals surface area contributed by atoms with Gasteiger partial charge in [0.05, 0.1) is 5.69 Å². The molecule has 0 saturated carbocycles. The van der Waals surface area contributed by atoms with Crippen molar-refractivity contribution in [2.45, 2.75) is 34.2 Å². The molecule has 0 fully saturated rings. The number of benzene rings is 1. The number of tetrazole rings is 1. The van der Waals surface area contributed by atoms with Crippen LogP contribution in [0.2, 0.25) is 0 Å². The summed E-state index contributed by atoms with van der Waals surface area (Å²) in [5, 5.41) is 11.9. The van der Waals surface area contributed by atoms with E-state index in [2.05, 4.69) is 43.2 Å². The summed E-state index contributed by atoms with van der Waals surface area (Å²) in [6, 6.07) is 4.55. The van der Waals surface area contributed by atoms with Gasteiger partial charge in [-0.1, -0.05) is 27.7 Å². The summed E-state index contributed by atoms with van der Waals surface area (Å²) in [5.74, 6) is 1.71. The van der Waals surface area contributed by atoms with Gasteiger partial charge in [-0.25, -0.2) is 9.07 Å². The fourth-order valence-electron chi connectivity index (χ4n) is 2.61. The van der Waals surface area contributed by atoms with Gasteiger partial charge in [0.2, 0.25) is 0 Å². The van der Waals surface area contributed by atoms with Crippen LogP contribution in [0.15, 0.2) is 18.2 Å². The van der Waals surface area contributed by atoms with Gasteiger partial charge < -0.3 is 5.73 Å². The number of aromatic nitrogens is 4. The van der Waals surface area contributed by atoms with Crippen LogP contribution in [0, 0.1) is 23.6 Å². The molecule has 0 aliphatic carbocycles. The molecule has 0 aliphatic heterocycles. The van der Waals surface area contributed by atoms with E-state index >= 15 is 0 Å². The molecule has 21 heavy (non-hydrogen) atoms. The second kappa shape index (κ2) is 6.20. The Hall–Kier alpha value is -1.98.